The van der Waals surface area contributed by atoms with Crippen molar-refractivity contribution in [1.82, 2.24) is 14.8 Å². The van der Waals surface area contributed by atoms with Gasteiger partial charge in [0.25, 0.3) is 0 Å². The predicted molar refractivity (Wildman–Crippen MR) is 126 cm³/mol. The van der Waals surface area contributed by atoms with Gasteiger partial charge in [-0.15, -0.1) is 10.2 Å². The lowest BCUT2D eigenvalue weighted by Gasteiger charge is -2.15. The number of rotatable bonds is 8. The molecule has 4 aromatic rings. The summed E-state index contributed by atoms with van der Waals surface area (Å²) >= 11 is 1.35. The van der Waals surface area contributed by atoms with Gasteiger partial charge in [-0.1, -0.05) is 42.1 Å². The van der Waals surface area contributed by atoms with Gasteiger partial charge in [0.1, 0.15) is 5.76 Å². The second-order valence-corrected chi connectivity index (χ2v) is 8.69. The Labute approximate surface area is 195 Å². The summed E-state index contributed by atoms with van der Waals surface area (Å²) in [6.07, 6.45) is 3.10. The molecule has 33 heavy (non-hydrogen) atoms. The minimum atomic E-state index is -0.00638. The Morgan fingerprint density at radius 1 is 1.00 bits per heavy atom. The normalized spacial score (nSPS) is 13.6. The van der Waals surface area contributed by atoms with Crippen molar-refractivity contribution in [3.05, 3.63) is 84.3 Å². The Morgan fingerprint density at radius 3 is 2.52 bits per heavy atom. The molecule has 166 valence electrons. The maximum Gasteiger partial charge on any atom is 0.227 e. The molecule has 0 spiro atoms. The highest BCUT2D eigenvalue weighted by molar-refractivity contribution is 7.99. The third kappa shape index (κ3) is 4.61. The summed E-state index contributed by atoms with van der Waals surface area (Å²) in [6.45, 7) is 1.20. The highest BCUT2D eigenvalue weighted by atomic mass is 32.2. The zero-order valence-electron chi connectivity index (χ0n) is 17.9. The van der Waals surface area contributed by atoms with Gasteiger partial charge >= 0.3 is 0 Å². The average Bonchev–Trinajstić information content (AvgIpc) is 3.60. The van der Waals surface area contributed by atoms with Gasteiger partial charge in [0.05, 0.1) is 18.6 Å². The Balaban J connectivity index is 1.32. The monoisotopic (exact) mass is 458 g/mol. The second kappa shape index (κ2) is 9.46. The Hall–Kier alpha value is -3.65. The second-order valence-electron chi connectivity index (χ2n) is 7.75. The van der Waals surface area contributed by atoms with E-state index < -0.39 is 0 Å². The van der Waals surface area contributed by atoms with Crippen molar-refractivity contribution < 1.29 is 14.0 Å². The van der Waals surface area contributed by atoms with E-state index >= 15 is 0 Å². The number of hydrogen-bond acceptors (Lipinski definition) is 6. The van der Waals surface area contributed by atoms with Crippen molar-refractivity contribution in [2.45, 2.75) is 24.5 Å². The summed E-state index contributed by atoms with van der Waals surface area (Å²) < 4.78 is 7.49. The quantitative estimate of drug-likeness (QED) is 0.282. The van der Waals surface area contributed by atoms with E-state index in [9.17, 15) is 9.59 Å². The minimum Gasteiger partial charge on any atom is -0.467 e. The van der Waals surface area contributed by atoms with Gasteiger partial charge in [0, 0.05) is 29.8 Å². The summed E-state index contributed by atoms with van der Waals surface area (Å²) in [5.74, 6) is 1.87. The number of ketones is 1. The van der Waals surface area contributed by atoms with Crippen molar-refractivity contribution in [3.8, 4) is 11.4 Å². The number of carbonyl (C=O) groups is 2. The van der Waals surface area contributed by atoms with E-state index in [1.165, 1.54) is 11.8 Å². The zero-order chi connectivity index (χ0) is 22.6. The van der Waals surface area contributed by atoms with Crippen molar-refractivity contribution in [3.63, 3.8) is 0 Å². The third-order valence-electron chi connectivity index (χ3n) is 5.55. The number of thioether (sulfide) groups is 1. The van der Waals surface area contributed by atoms with Crippen molar-refractivity contribution in [1.29, 1.82) is 0 Å². The standard InChI is InChI=1S/C25H22N4O3S/c30-22(18-10-12-20(13-11-18)28-14-4-9-23(28)31)17-33-25-27-26-24(19-6-2-1-3-7-19)29(25)16-21-8-5-15-32-21/h1-3,5-8,10-13,15H,4,9,14,16-17H2. The van der Waals surface area contributed by atoms with E-state index in [0.29, 0.717) is 23.7 Å². The van der Waals surface area contributed by atoms with Crippen LogP contribution in [0.3, 0.4) is 0 Å². The van der Waals surface area contributed by atoms with Gasteiger partial charge in [0.2, 0.25) is 5.91 Å². The molecule has 1 fully saturated rings. The molecule has 2 aromatic carbocycles. The van der Waals surface area contributed by atoms with E-state index in [2.05, 4.69) is 10.2 Å². The van der Waals surface area contributed by atoms with Crippen molar-refractivity contribution in [2.24, 2.45) is 0 Å². The van der Waals surface area contributed by atoms with Crippen LogP contribution < -0.4 is 4.90 Å². The average molecular weight is 459 g/mol. The molecule has 7 nitrogen and oxygen atoms in total. The van der Waals surface area contributed by atoms with Crippen LogP contribution in [-0.2, 0) is 11.3 Å². The predicted octanol–water partition coefficient (Wildman–Crippen LogP) is 4.69. The smallest absolute Gasteiger partial charge is 0.227 e. The van der Waals surface area contributed by atoms with Crippen molar-refractivity contribution >= 4 is 29.1 Å². The fourth-order valence-electron chi connectivity index (χ4n) is 3.86. The van der Waals surface area contributed by atoms with E-state index in [0.717, 1.165) is 35.8 Å². The minimum absolute atomic E-state index is 0.00638. The fourth-order valence-corrected chi connectivity index (χ4v) is 4.69. The van der Waals surface area contributed by atoms with Gasteiger partial charge < -0.3 is 9.32 Å². The fraction of sp³-hybridized carbons (Fsp3) is 0.200. The van der Waals surface area contributed by atoms with Crippen LogP contribution in [0.4, 0.5) is 5.69 Å². The number of Topliss-reactive ketones (excluding diaryl/α,β-unsaturated/α-hetero) is 1. The van der Waals surface area contributed by atoms with Gasteiger partial charge in [0.15, 0.2) is 16.8 Å². The molecule has 0 aliphatic carbocycles. The van der Waals surface area contributed by atoms with Gasteiger partial charge in [-0.05, 0) is 42.8 Å². The lowest BCUT2D eigenvalue weighted by atomic mass is 10.1. The molecular weight excluding hydrogens is 436 g/mol. The molecule has 0 unspecified atom stereocenters. The number of aromatic nitrogens is 3. The number of carbonyl (C=O) groups excluding carboxylic acids is 2. The van der Waals surface area contributed by atoms with Crippen LogP contribution in [0.1, 0.15) is 29.0 Å². The molecule has 3 heterocycles. The SMILES string of the molecule is O=C(CSc1nnc(-c2ccccc2)n1Cc1ccco1)c1ccc(N2CCCC2=O)cc1. The number of benzene rings is 2. The molecule has 2 aromatic heterocycles. The molecule has 8 heteroatoms. The van der Waals surface area contributed by atoms with Crippen LogP contribution >= 0.6 is 11.8 Å². The number of nitrogens with zero attached hydrogens (tertiary/aromatic N) is 4. The first-order valence-electron chi connectivity index (χ1n) is 10.8. The first-order valence-corrected chi connectivity index (χ1v) is 11.7. The van der Waals surface area contributed by atoms with E-state index in [-0.39, 0.29) is 17.4 Å². The van der Waals surface area contributed by atoms with Crippen LogP contribution in [0.25, 0.3) is 11.4 Å². The summed E-state index contributed by atoms with van der Waals surface area (Å²) in [7, 11) is 0. The van der Waals surface area contributed by atoms with E-state index in [1.54, 1.807) is 23.3 Å². The molecule has 0 bridgehead atoms. The first kappa shape index (κ1) is 21.2. The van der Waals surface area contributed by atoms with Crippen LogP contribution in [0.15, 0.2) is 82.6 Å². The highest BCUT2D eigenvalue weighted by Crippen LogP contribution is 2.27. The lowest BCUT2D eigenvalue weighted by Crippen LogP contribution is -2.23. The summed E-state index contributed by atoms with van der Waals surface area (Å²) in [5.41, 5.74) is 2.40. The first-order chi connectivity index (χ1) is 16.2. The topological polar surface area (TPSA) is 81.2 Å². The maximum absolute atomic E-state index is 12.8. The third-order valence-corrected chi connectivity index (χ3v) is 6.52. The van der Waals surface area contributed by atoms with Gasteiger partial charge in [-0.3, -0.25) is 14.2 Å². The van der Waals surface area contributed by atoms with Crippen LogP contribution in [0.2, 0.25) is 0 Å². The largest absolute Gasteiger partial charge is 0.467 e. The molecule has 1 aliphatic rings. The number of hydrogen-bond donors (Lipinski definition) is 0. The molecule has 0 saturated carbocycles. The Morgan fingerprint density at radius 2 is 1.82 bits per heavy atom. The highest BCUT2D eigenvalue weighted by Gasteiger charge is 2.22. The maximum atomic E-state index is 12.8. The van der Waals surface area contributed by atoms with E-state index in [1.807, 2.05) is 59.2 Å². The summed E-state index contributed by atoms with van der Waals surface area (Å²) in [6, 6.07) is 20.8. The summed E-state index contributed by atoms with van der Waals surface area (Å²) in [4.78, 5) is 26.5. The van der Waals surface area contributed by atoms with Crippen LogP contribution in [0, 0.1) is 0 Å². The van der Waals surface area contributed by atoms with Gasteiger partial charge in [-0.2, -0.15) is 0 Å². The Bertz CT molecular complexity index is 1250. The molecule has 1 amide bonds. The summed E-state index contributed by atoms with van der Waals surface area (Å²) in [5, 5.41) is 9.38. The van der Waals surface area contributed by atoms with Crippen LogP contribution in [-0.4, -0.2) is 38.8 Å². The number of amides is 1. The lowest BCUT2D eigenvalue weighted by molar-refractivity contribution is -0.117. The van der Waals surface area contributed by atoms with Gasteiger partial charge in [-0.25, -0.2) is 0 Å². The number of furan rings is 1. The molecule has 5 rings (SSSR count). The van der Waals surface area contributed by atoms with Crippen LogP contribution in [0.5, 0.6) is 0 Å². The Kier molecular flexibility index (Phi) is 6.08. The zero-order valence-corrected chi connectivity index (χ0v) is 18.7. The number of anilines is 1. The molecule has 1 saturated heterocycles. The van der Waals surface area contributed by atoms with Crippen molar-refractivity contribution in [2.75, 3.05) is 17.2 Å². The molecule has 0 radical (unpaired) electrons. The molecular formula is C25H22N4O3S. The molecule has 0 atom stereocenters. The van der Waals surface area contributed by atoms with E-state index in [4.69, 9.17) is 4.42 Å². The molecule has 1 aliphatic heterocycles. The molecule has 0 N–H and O–H groups in total.